The van der Waals surface area contributed by atoms with Crippen LogP contribution in [0, 0.1) is 5.82 Å². The average Bonchev–Trinajstić information content (AvgIpc) is 2.59. The Morgan fingerprint density at radius 2 is 2.00 bits per heavy atom. The molecular formula is C19H18F4N2O2. The predicted octanol–water partition coefficient (Wildman–Crippen LogP) is 4.02. The van der Waals surface area contributed by atoms with E-state index < -0.39 is 29.7 Å². The first-order chi connectivity index (χ1) is 12.7. The number of aryl methyl sites for hydroxylation is 1. The second kappa shape index (κ2) is 7.56. The van der Waals surface area contributed by atoms with Crippen LogP contribution >= 0.6 is 0 Å². The predicted molar refractivity (Wildman–Crippen MR) is 91.7 cm³/mol. The minimum absolute atomic E-state index is 0.126. The third kappa shape index (κ3) is 4.57. The van der Waals surface area contributed by atoms with Crippen molar-refractivity contribution in [3.05, 3.63) is 64.5 Å². The standard InChI is InChI=1S/C19H18F4N2O2/c20-16-8-11(4-7-15(16)19(21,22)23)10-24-18(27)25-17-3-1-2-12-5-6-13(26)9-14(12)17/h1-4,7-8,13,26H,5-6,9-10H2,(H2,24,25,27). The van der Waals surface area contributed by atoms with E-state index in [2.05, 4.69) is 10.6 Å². The van der Waals surface area contributed by atoms with Crippen LogP contribution in [0.2, 0.25) is 0 Å². The van der Waals surface area contributed by atoms with Crippen molar-refractivity contribution >= 4 is 11.7 Å². The highest BCUT2D eigenvalue weighted by Gasteiger charge is 2.33. The van der Waals surface area contributed by atoms with E-state index in [0.717, 1.165) is 29.7 Å². The number of benzene rings is 2. The van der Waals surface area contributed by atoms with E-state index in [-0.39, 0.29) is 12.1 Å². The molecule has 1 atom stereocenters. The number of anilines is 1. The van der Waals surface area contributed by atoms with E-state index in [0.29, 0.717) is 24.6 Å². The maximum absolute atomic E-state index is 13.6. The van der Waals surface area contributed by atoms with Gasteiger partial charge in [0.25, 0.3) is 0 Å². The third-order valence-corrected chi connectivity index (χ3v) is 4.50. The summed E-state index contributed by atoms with van der Waals surface area (Å²) in [6, 6.07) is 7.42. The lowest BCUT2D eigenvalue weighted by Crippen LogP contribution is -2.29. The first kappa shape index (κ1) is 19.2. The van der Waals surface area contributed by atoms with Gasteiger partial charge < -0.3 is 15.7 Å². The van der Waals surface area contributed by atoms with Gasteiger partial charge in [0, 0.05) is 18.7 Å². The molecule has 0 aliphatic heterocycles. The van der Waals surface area contributed by atoms with Crippen molar-refractivity contribution in [2.45, 2.75) is 38.1 Å². The molecule has 1 aliphatic rings. The van der Waals surface area contributed by atoms with E-state index in [1.165, 1.54) is 0 Å². The second-order valence-corrected chi connectivity index (χ2v) is 6.46. The SMILES string of the molecule is O=C(NCc1ccc(C(F)(F)F)c(F)c1)Nc1cccc2c1CC(O)CC2. The molecule has 0 aromatic heterocycles. The van der Waals surface area contributed by atoms with E-state index in [1.54, 1.807) is 12.1 Å². The van der Waals surface area contributed by atoms with Gasteiger partial charge in [0.05, 0.1) is 11.7 Å². The molecular weight excluding hydrogens is 364 g/mol. The van der Waals surface area contributed by atoms with Crippen molar-refractivity contribution < 1.29 is 27.5 Å². The summed E-state index contributed by atoms with van der Waals surface area (Å²) in [5.74, 6) is -1.38. The Kier molecular flexibility index (Phi) is 5.36. The van der Waals surface area contributed by atoms with Crippen LogP contribution in [0.1, 0.15) is 28.7 Å². The van der Waals surface area contributed by atoms with Gasteiger partial charge in [-0.3, -0.25) is 0 Å². The molecule has 1 aliphatic carbocycles. The Hall–Kier alpha value is -2.61. The molecule has 0 bridgehead atoms. The van der Waals surface area contributed by atoms with Crippen molar-refractivity contribution in [1.29, 1.82) is 0 Å². The number of carbonyl (C=O) groups excluding carboxylic acids is 1. The van der Waals surface area contributed by atoms with E-state index in [1.807, 2.05) is 6.07 Å². The number of carbonyl (C=O) groups is 1. The fourth-order valence-electron chi connectivity index (χ4n) is 3.13. The highest BCUT2D eigenvalue weighted by molar-refractivity contribution is 5.90. The largest absolute Gasteiger partial charge is 0.419 e. The fraction of sp³-hybridized carbons (Fsp3) is 0.316. The molecule has 2 aromatic rings. The maximum Gasteiger partial charge on any atom is 0.419 e. The van der Waals surface area contributed by atoms with Crippen LogP contribution in [0.25, 0.3) is 0 Å². The molecule has 0 spiro atoms. The average molecular weight is 382 g/mol. The number of alkyl halides is 3. The minimum Gasteiger partial charge on any atom is -0.393 e. The summed E-state index contributed by atoms with van der Waals surface area (Å²) in [6.07, 6.45) is -3.39. The van der Waals surface area contributed by atoms with Gasteiger partial charge in [-0.25, -0.2) is 9.18 Å². The molecule has 2 amide bonds. The molecule has 4 nitrogen and oxygen atoms in total. The van der Waals surface area contributed by atoms with E-state index in [9.17, 15) is 27.5 Å². The van der Waals surface area contributed by atoms with Crippen molar-refractivity contribution in [3.63, 3.8) is 0 Å². The Labute approximate surface area is 153 Å². The van der Waals surface area contributed by atoms with Gasteiger partial charge in [-0.2, -0.15) is 13.2 Å². The first-order valence-electron chi connectivity index (χ1n) is 8.43. The molecule has 1 unspecified atom stereocenters. The van der Waals surface area contributed by atoms with Crippen LogP contribution in [0.15, 0.2) is 36.4 Å². The van der Waals surface area contributed by atoms with Crippen LogP contribution in [-0.2, 0) is 25.6 Å². The van der Waals surface area contributed by atoms with Crippen molar-refractivity contribution in [2.24, 2.45) is 0 Å². The molecule has 0 fully saturated rings. The Balaban J connectivity index is 1.64. The smallest absolute Gasteiger partial charge is 0.393 e. The van der Waals surface area contributed by atoms with Crippen molar-refractivity contribution in [1.82, 2.24) is 5.32 Å². The summed E-state index contributed by atoms with van der Waals surface area (Å²) in [5.41, 5.74) is 1.36. The molecule has 0 radical (unpaired) electrons. The van der Waals surface area contributed by atoms with Gasteiger partial charge in [-0.15, -0.1) is 0 Å². The van der Waals surface area contributed by atoms with Gasteiger partial charge in [0.2, 0.25) is 0 Å². The molecule has 8 heteroatoms. The summed E-state index contributed by atoms with van der Waals surface area (Å²) in [5, 5.41) is 15.0. The summed E-state index contributed by atoms with van der Waals surface area (Å²) in [4.78, 5) is 12.1. The highest BCUT2D eigenvalue weighted by Crippen LogP contribution is 2.31. The van der Waals surface area contributed by atoms with Gasteiger partial charge in [-0.05, 0) is 47.7 Å². The summed E-state index contributed by atoms with van der Waals surface area (Å²) in [6.45, 7) is -0.126. The van der Waals surface area contributed by atoms with Gasteiger partial charge in [0.1, 0.15) is 5.82 Å². The summed E-state index contributed by atoms with van der Waals surface area (Å²) in [7, 11) is 0. The molecule has 2 aromatic carbocycles. The Morgan fingerprint density at radius 3 is 2.70 bits per heavy atom. The minimum atomic E-state index is -4.76. The maximum atomic E-state index is 13.6. The number of urea groups is 1. The third-order valence-electron chi connectivity index (χ3n) is 4.50. The number of halogens is 4. The zero-order valence-electron chi connectivity index (χ0n) is 14.2. The van der Waals surface area contributed by atoms with Crippen molar-refractivity contribution in [3.8, 4) is 0 Å². The monoisotopic (exact) mass is 382 g/mol. The van der Waals surface area contributed by atoms with E-state index in [4.69, 9.17) is 0 Å². The normalized spacial score (nSPS) is 16.6. The van der Waals surface area contributed by atoms with Crippen molar-refractivity contribution in [2.75, 3.05) is 5.32 Å². The number of hydrogen-bond donors (Lipinski definition) is 3. The summed E-state index contributed by atoms with van der Waals surface area (Å²) >= 11 is 0. The highest BCUT2D eigenvalue weighted by atomic mass is 19.4. The molecule has 0 heterocycles. The van der Waals surface area contributed by atoms with Crippen LogP contribution in [0.4, 0.5) is 28.0 Å². The fourth-order valence-corrected chi connectivity index (χ4v) is 3.13. The number of hydrogen-bond acceptors (Lipinski definition) is 2. The van der Waals surface area contributed by atoms with Crippen LogP contribution in [0.5, 0.6) is 0 Å². The number of fused-ring (bicyclic) bond motifs is 1. The van der Waals surface area contributed by atoms with Gasteiger partial charge in [-0.1, -0.05) is 18.2 Å². The van der Waals surface area contributed by atoms with Crippen LogP contribution in [0.3, 0.4) is 0 Å². The quantitative estimate of drug-likeness (QED) is 0.703. The molecule has 27 heavy (non-hydrogen) atoms. The lowest BCUT2D eigenvalue weighted by atomic mass is 9.88. The molecule has 0 saturated heterocycles. The van der Waals surface area contributed by atoms with Crippen LogP contribution in [-0.4, -0.2) is 17.2 Å². The zero-order valence-corrected chi connectivity index (χ0v) is 14.2. The number of nitrogens with one attached hydrogen (secondary N) is 2. The number of aliphatic hydroxyl groups excluding tert-OH is 1. The molecule has 144 valence electrons. The first-order valence-corrected chi connectivity index (χ1v) is 8.43. The van der Waals surface area contributed by atoms with Crippen LogP contribution < -0.4 is 10.6 Å². The van der Waals surface area contributed by atoms with E-state index >= 15 is 0 Å². The second-order valence-electron chi connectivity index (χ2n) is 6.46. The lowest BCUT2D eigenvalue weighted by Gasteiger charge is -2.23. The van der Waals surface area contributed by atoms with Gasteiger partial charge >= 0.3 is 12.2 Å². The van der Waals surface area contributed by atoms with Gasteiger partial charge in [0.15, 0.2) is 0 Å². The topological polar surface area (TPSA) is 61.4 Å². The zero-order chi connectivity index (χ0) is 19.6. The molecule has 3 N–H and O–H groups in total. The number of amides is 2. The number of rotatable bonds is 3. The Bertz CT molecular complexity index is 852. The molecule has 0 saturated carbocycles. The Morgan fingerprint density at radius 1 is 1.22 bits per heavy atom. The summed E-state index contributed by atoms with van der Waals surface area (Å²) < 4.78 is 51.3. The molecule has 3 rings (SSSR count). The number of aliphatic hydroxyl groups is 1. The lowest BCUT2D eigenvalue weighted by molar-refractivity contribution is -0.140.